The van der Waals surface area contributed by atoms with Gasteiger partial charge in [-0.2, -0.15) is 13.2 Å². The zero-order chi connectivity index (χ0) is 28.4. The van der Waals surface area contributed by atoms with Gasteiger partial charge in [0.1, 0.15) is 17.2 Å². The lowest BCUT2D eigenvalue weighted by Gasteiger charge is -2.30. The third kappa shape index (κ3) is 5.18. The SMILES string of the molecule is CN/C=C\C(=N)c1cc(C(=O)Nc2c(-c3ccccc3)nc3cc(C(=O)N4CCC4)ccn23)ccc1C(F)(F)F. The number of nitrogens with zero attached hydrogens (tertiary/aromatic N) is 3. The number of likely N-dealkylation sites (tertiary alicyclic amines) is 1. The quantitative estimate of drug-likeness (QED) is 0.277. The normalized spacial score (nSPS) is 13.3. The lowest BCUT2D eigenvalue weighted by atomic mass is 9.99. The zero-order valence-electron chi connectivity index (χ0n) is 21.4. The van der Waals surface area contributed by atoms with Gasteiger partial charge in [-0.15, -0.1) is 0 Å². The molecule has 2 amide bonds. The van der Waals surface area contributed by atoms with E-state index < -0.39 is 28.9 Å². The minimum absolute atomic E-state index is 0.0656. The summed E-state index contributed by atoms with van der Waals surface area (Å²) < 4.78 is 42.6. The Kier molecular flexibility index (Phi) is 7.12. The van der Waals surface area contributed by atoms with Crippen LogP contribution in [0.4, 0.5) is 19.0 Å². The van der Waals surface area contributed by atoms with Crippen LogP contribution < -0.4 is 10.6 Å². The van der Waals surface area contributed by atoms with E-state index in [1.165, 1.54) is 12.3 Å². The van der Waals surface area contributed by atoms with Crippen molar-refractivity contribution in [2.45, 2.75) is 12.6 Å². The van der Waals surface area contributed by atoms with E-state index in [-0.39, 0.29) is 11.5 Å². The first-order chi connectivity index (χ1) is 19.2. The molecule has 40 heavy (non-hydrogen) atoms. The van der Waals surface area contributed by atoms with Gasteiger partial charge in [0.2, 0.25) is 0 Å². The molecule has 5 rings (SSSR count). The van der Waals surface area contributed by atoms with Crippen LogP contribution in [0.5, 0.6) is 0 Å². The molecule has 0 spiro atoms. The second-order valence-electron chi connectivity index (χ2n) is 9.21. The average molecular weight is 547 g/mol. The molecule has 0 atom stereocenters. The molecule has 0 unspecified atom stereocenters. The van der Waals surface area contributed by atoms with Crippen molar-refractivity contribution in [3.63, 3.8) is 0 Å². The van der Waals surface area contributed by atoms with Crippen molar-refractivity contribution in [2.24, 2.45) is 0 Å². The number of hydrogen-bond acceptors (Lipinski definition) is 5. The molecule has 204 valence electrons. The van der Waals surface area contributed by atoms with Crippen LogP contribution in [0.2, 0.25) is 0 Å². The summed E-state index contributed by atoms with van der Waals surface area (Å²) >= 11 is 0. The Morgan fingerprint density at radius 3 is 2.42 bits per heavy atom. The van der Waals surface area contributed by atoms with E-state index in [0.717, 1.165) is 24.6 Å². The Balaban J connectivity index is 1.55. The number of hydrogen-bond donors (Lipinski definition) is 3. The fraction of sp³-hybridized carbons (Fsp3) is 0.172. The van der Waals surface area contributed by atoms with Crippen molar-refractivity contribution in [3.05, 3.63) is 101 Å². The monoisotopic (exact) mass is 546 g/mol. The van der Waals surface area contributed by atoms with Crippen molar-refractivity contribution in [1.82, 2.24) is 19.6 Å². The van der Waals surface area contributed by atoms with Crippen molar-refractivity contribution in [2.75, 3.05) is 25.5 Å². The van der Waals surface area contributed by atoms with Gasteiger partial charge in [0.25, 0.3) is 11.8 Å². The van der Waals surface area contributed by atoms with Crippen LogP contribution in [-0.4, -0.2) is 51.9 Å². The first-order valence-electron chi connectivity index (χ1n) is 12.5. The predicted molar refractivity (Wildman–Crippen MR) is 146 cm³/mol. The maximum Gasteiger partial charge on any atom is 0.417 e. The number of rotatable bonds is 7. The molecule has 11 heteroatoms. The number of halogens is 3. The van der Waals surface area contributed by atoms with E-state index in [9.17, 15) is 22.8 Å². The van der Waals surface area contributed by atoms with Crippen LogP contribution in [-0.2, 0) is 6.18 Å². The average Bonchev–Trinajstić information content (AvgIpc) is 3.27. The summed E-state index contributed by atoms with van der Waals surface area (Å²) in [5, 5.41) is 13.6. The topological polar surface area (TPSA) is 103 Å². The van der Waals surface area contributed by atoms with Gasteiger partial charge in [-0.05, 0) is 49.0 Å². The van der Waals surface area contributed by atoms with E-state index in [2.05, 4.69) is 15.6 Å². The molecule has 0 aliphatic carbocycles. The summed E-state index contributed by atoms with van der Waals surface area (Å²) in [7, 11) is 1.56. The van der Waals surface area contributed by atoms with Gasteiger partial charge in [-0.25, -0.2) is 4.98 Å². The van der Waals surface area contributed by atoms with E-state index in [1.807, 2.05) is 30.3 Å². The summed E-state index contributed by atoms with van der Waals surface area (Å²) in [6.45, 7) is 1.40. The lowest BCUT2D eigenvalue weighted by molar-refractivity contribution is -0.137. The highest BCUT2D eigenvalue weighted by Gasteiger charge is 2.34. The summed E-state index contributed by atoms with van der Waals surface area (Å²) in [5.74, 6) is -0.489. The lowest BCUT2D eigenvalue weighted by Crippen LogP contribution is -2.42. The van der Waals surface area contributed by atoms with Crippen LogP contribution >= 0.6 is 0 Å². The van der Waals surface area contributed by atoms with Crippen molar-refractivity contribution in [1.29, 1.82) is 5.41 Å². The third-order valence-electron chi connectivity index (χ3n) is 6.59. The molecule has 3 heterocycles. The van der Waals surface area contributed by atoms with Crippen molar-refractivity contribution >= 4 is 29.0 Å². The Labute approximate surface area is 227 Å². The number of alkyl halides is 3. The number of nitrogens with one attached hydrogen (secondary N) is 3. The minimum atomic E-state index is -4.71. The summed E-state index contributed by atoms with van der Waals surface area (Å²) in [6, 6.07) is 15.3. The van der Waals surface area contributed by atoms with Gasteiger partial charge in [0.05, 0.1) is 11.3 Å². The highest BCUT2D eigenvalue weighted by atomic mass is 19.4. The molecule has 2 aromatic heterocycles. The fourth-order valence-corrected chi connectivity index (χ4v) is 4.39. The van der Waals surface area contributed by atoms with E-state index in [1.54, 1.807) is 34.7 Å². The van der Waals surface area contributed by atoms with Crippen molar-refractivity contribution in [3.8, 4) is 11.3 Å². The van der Waals surface area contributed by atoms with Crippen molar-refractivity contribution < 1.29 is 22.8 Å². The number of imidazole rings is 1. The Hall–Kier alpha value is -4.93. The molecule has 0 bridgehead atoms. The van der Waals surface area contributed by atoms with Crippen LogP contribution in [0, 0.1) is 5.41 Å². The maximum atomic E-state index is 13.7. The molecule has 4 aromatic rings. The third-order valence-corrected chi connectivity index (χ3v) is 6.59. The second-order valence-corrected chi connectivity index (χ2v) is 9.21. The van der Waals surface area contributed by atoms with Crippen LogP contribution in [0.1, 0.15) is 38.3 Å². The molecule has 8 nitrogen and oxygen atoms in total. The van der Waals surface area contributed by atoms with Crippen LogP contribution in [0.15, 0.2) is 79.1 Å². The maximum absolute atomic E-state index is 13.7. The number of allylic oxidation sites excluding steroid dienone is 1. The number of aromatic nitrogens is 2. The Morgan fingerprint density at radius 2 is 1.77 bits per heavy atom. The largest absolute Gasteiger partial charge is 0.417 e. The van der Waals surface area contributed by atoms with Gasteiger partial charge in [-0.3, -0.25) is 14.0 Å². The molecule has 1 fully saturated rings. The Bertz CT molecular complexity index is 1640. The fourth-order valence-electron chi connectivity index (χ4n) is 4.39. The summed E-state index contributed by atoms with van der Waals surface area (Å²) in [4.78, 5) is 32.6. The molecule has 2 aromatic carbocycles. The van der Waals surface area contributed by atoms with Gasteiger partial charge < -0.3 is 20.9 Å². The van der Waals surface area contributed by atoms with Gasteiger partial charge in [0, 0.05) is 48.6 Å². The van der Waals surface area contributed by atoms with E-state index in [4.69, 9.17) is 5.41 Å². The molecular formula is C29H25F3N6O2. The first kappa shape index (κ1) is 26.7. The molecule has 1 saturated heterocycles. The first-order valence-corrected chi connectivity index (χ1v) is 12.5. The van der Waals surface area contributed by atoms with Crippen LogP contribution in [0.25, 0.3) is 16.9 Å². The molecule has 0 saturated carbocycles. The molecule has 1 aliphatic heterocycles. The number of fused-ring (bicyclic) bond motifs is 1. The zero-order valence-corrected chi connectivity index (χ0v) is 21.4. The van der Waals surface area contributed by atoms with E-state index in [0.29, 0.717) is 41.4 Å². The number of carbonyl (C=O) groups is 2. The number of benzene rings is 2. The number of anilines is 1. The highest BCUT2D eigenvalue weighted by Crippen LogP contribution is 2.34. The molecular weight excluding hydrogens is 521 g/mol. The summed E-state index contributed by atoms with van der Waals surface area (Å²) in [6.07, 6.45) is 0.401. The number of carbonyl (C=O) groups excluding carboxylic acids is 2. The van der Waals surface area contributed by atoms with Gasteiger partial charge >= 0.3 is 6.18 Å². The number of pyridine rings is 1. The molecule has 3 N–H and O–H groups in total. The number of amides is 2. The molecule has 0 radical (unpaired) electrons. The predicted octanol–water partition coefficient (Wildman–Crippen LogP) is 5.22. The standard InChI is InChI=1S/C29H25F3N6O2/c1-34-12-10-23(33)21-16-19(8-9-22(21)29(30,31)32)27(39)36-26-25(18-6-3-2-4-7-18)35-24-17-20(11-15-38(24)26)28(40)37-13-5-14-37/h2-4,6-12,15-17,33-34H,5,13-14H2,1H3,(H,36,39)/b12-10-,33-23?. The molecule has 1 aliphatic rings. The van der Waals surface area contributed by atoms with E-state index >= 15 is 0 Å². The second kappa shape index (κ2) is 10.7. The Morgan fingerprint density at radius 1 is 1.02 bits per heavy atom. The van der Waals surface area contributed by atoms with Gasteiger partial charge in [0.15, 0.2) is 0 Å². The highest BCUT2D eigenvalue weighted by molar-refractivity contribution is 6.11. The minimum Gasteiger partial charge on any atom is -0.394 e. The van der Waals surface area contributed by atoms with Crippen LogP contribution in [0.3, 0.4) is 0 Å². The van der Waals surface area contributed by atoms with Gasteiger partial charge in [-0.1, -0.05) is 30.3 Å². The smallest absolute Gasteiger partial charge is 0.394 e. The summed E-state index contributed by atoms with van der Waals surface area (Å²) in [5.41, 5.74) is 0.0993.